The number of hydrogen-bond donors (Lipinski definition) is 0. The highest BCUT2D eigenvalue weighted by Crippen LogP contribution is 2.43. The molecule has 4 nitrogen and oxygen atoms in total. The molecule has 4 heteroatoms. The number of rotatable bonds is 5. The zero-order chi connectivity index (χ0) is 33.7. The maximum atomic E-state index is 6.27. The Hall–Kier alpha value is -6.91. The van der Waals surface area contributed by atoms with Crippen molar-refractivity contribution in [1.82, 2.24) is 15.0 Å². The molecule has 238 valence electrons. The van der Waals surface area contributed by atoms with Gasteiger partial charge in [0.2, 0.25) is 0 Å². The molecule has 51 heavy (non-hydrogen) atoms. The SMILES string of the molecule is c1ccc(-c2nc(-c3cc(-c4c(-c5ccccc5)ccc5ccccc45)c4ccccc4c3)nc(-c3cccc4oc5ccccc5c34)n2)cc1. The molecule has 0 saturated carbocycles. The lowest BCUT2D eigenvalue weighted by atomic mass is 9.86. The van der Waals surface area contributed by atoms with Gasteiger partial charge in [0.15, 0.2) is 17.5 Å². The van der Waals surface area contributed by atoms with E-state index in [1.165, 1.54) is 32.8 Å². The van der Waals surface area contributed by atoms with E-state index in [0.29, 0.717) is 17.5 Å². The highest BCUT2D eigenvalue weighted by Gasteiger charge is 2.20. The minimum atomic E-state index is 0.598. The summed E-state index contributed by atoms with van der Waals surface area (Å²) in [5.41, 5.74) is 9.04. The van der Waals surface area contributed by atoms with Crippen molar-refractivity contribution in [3.8, 4) is 56.4 Å². The molecule has 0 aliphatic heterocycles. The minimum Gasteiger partial charge on any atom is -0.456 e. The fourth-order valence-electron chi connectivity index (χ4n) is 7.37. The van der Waals surface area contributed by atoms with Crippen LogP contribution in [0.4, 0.5) is 0 Å². The maximum absolute atomic E-state index is 6.27. The molecule has 8 aromatic carbocycles. The number of benzene rings is 8. The van der Waals surface area contributed by atoms with E-state index in [1.807, 2.05) is 60.7 Å². The van der Waals surface area contributed by atoms with Crippen molar-refractivity contribution < 1.29 is 4.42 Å². The zero-order valence-electron chi connectivity index (χ0n) is 27.5. The van der Waals surface area contributed by atoms with Gasteiger partial charge in [-0.1, -0.05) is 152 Å². The van der Waals surface area contributed by atoms with Crippen molar-refractivity contribution in [3.63, 3.8) is 0 Å². The highest BCUT2D eigenvalue weighted by atomic mass is 16.3. The van der Waals surface area contributed by atoms with Crippen LogP contribution < -0.4 is 0 Å². The Morgan fingerprint density at radius 2 is 0.941 bits per heavy atom. The van der Waals surface area contributed by atoms with Crippen LogP contribution in [-0.2, 0) is 0 Å². The second-order valence-electron chi connectivity index (χ2n) is 12.8. The number of fused-ring (bicyclic) bond motifs is 5. The van der Waals surface area contributed by atoms with Crippen LogP contribution in [0.15, 0.2) is 180 Å². The molecule has 0 N–H and O–H groups in total. The molecule has 0 spiro atoms. The first-order valence-electron chi connectivity index (χ1n) is 17.1. The minimum absolute atomic E-state index is 0.598. The fourth-order valence-corrected chi connectivity index (χ4v) is 7.37. The van der Waals surface area contributed by atoms with E-state index in [2.05, 4.69) is 115 Å². The molecule has 0 aliphatic carbocycles. The first kappa shape index (κ1) is 29.0. The normalized spacial score (nSPS) is 11.5. The van der Waals surface area contributed by atoms with Gasteiger partial charge in [0.1, 0.15) is 11.2 Å². The Morgan fingerprint density at radius 3 is 1.75 bits per heavy atom. The van der Waals surface area contributed by atoms with Gasteiger partial charge in [0, 0.05) is 27.5 Å². The first-order valence-corrected chi connectivity index (χ1v) is 17.1. The Kier molecular flexibility index (Phi) is 6.78. The van der Waals surface area contributed by atoms with Crippen LogP contribution in [0.1, 0.15) is 0 Å². The molecule has 0 amide bonds. The van der Waals surface area contributed by atoms with Crippen molar-refractivity contribution in [2.75, 3.05) is 0 Å². The highest BCUT2D eigenvalue weighted by molar-refractivity contribution is 6.13. The molecule has 2 heterocycles. The second-order valence-corrected chi connectivity index (χ2v) is 12.8. The molecule has 0 aliphatic rings. The predicted octanol–water partition coefficient (Wildman–Crippen LogP) is 12.4. The first-order chi connectivity index (χ1) is 25.3. The van der Waals surface area contributed by atoms with E-state index in [4.69, 9.17) is 19.4 Å². The van der Waals surface area contributed by atoms with Crippen LogP contribution in [0.2, 0.25) is 0 Å². The Morgan fingerprint density at radius 1 is 0.333 bits per heavy atom. The van der Waals surface area contributed by atoms with Crippen molar-refractivity contribution in [1.29, 1.82) is 0 Å². The molecule has 0 fully saturated rings. The molecule has 0 unspecified atom stereocenters. The number of furan rings is 1. The molecular formula is C47H29N3O. The van der Waals surface area contributed by atoms with Gasteiger partial charge in [-0.15, -0.1) is 0 Å². The number of nitrogens with zero attached hydrogens (tertiary/aromatic N) is 3. The van der Waals surface area contributed by atoms with Crippen LogP contribution in [0.3, 0.4) is 0 Å². The summed E-state index contributed by atoms with van der Waals surface area (Å²) in [6.07, 6.45) is 0. The van der Waals surface area contributed by atoms with Crippen LogP contribution in [0, 0.1) is 0 Å². The topological polar surface area (TPSA) is 51.8 Å². The lowest BCUT2D eigenvalue weighted by Gasteiger charge is -2.18. The van der Waals surface area contributed by atoms with Crippen molar-refractivity contribution in [2.45, 2.75) is 0 Å². The summed E-state index contributed by atoms with van der Waals surface area (Å²) in [6, 6.07) is 61.1. The van der Waals surface area contributed by atoms with E-state index in [-0.39, 0.29) is 0 Å². The van der Waals surface area contributed by atoms with E-state index in [0.717, 1.165) is 49.6 Å². The van der Waals surface area contributed by atoms with Gasteiger partial charge in [0.05, 0.1) is 0 Å². The lowest BCUT2D eigenvalue weighted by Crippen LogP contribution is -2.01. The van der Waals surface area contributed by atoms with Gasteiger partial charge in [-0.25, -0.2) is 15.0 Å². The monoisotopic (exact) mass is 651 g/mol. The van der Waals surface area contributed by atoms with Gasteiger partial charge < -0.3 is 4.42 Å². The molecule has 2 aromatic heterocycles. The Labute approximate surface area is 294 Å². The van der Waals surface area contributed by atoms with Gasteiger partial charge in [-0.05, 0) is 68.1 Å². The van der Waals surface area contributed by atoms with E-state index in [9.17, 15) is 0 Å². The van der Waals surface area contributed by atoms with Gasteiger partial charge in [-0.3, -0.25) is 0 Å². The van der Waals surface area contributed by atoms with Gasteiger partial charge >= 0.3 is 0 Å². The summed E-state index contributed by atoms with van der Waals surface area (Å²) >= 11 is 0. The largest absolute Gasteiger partial charge is 0.456 e. The average molecular weight is 652 g/mol. The number of para-hydroxylation sites is 1. The summed E-state index contributed by atoms with van der Waals surface area (Å²) in [6.45, 7) is 0. The Balaban J connectivity index is 1.27. The summed E-state index contributed by atoms with van der Waals surface area (Å²) < 4.78 is 6.27. The van der Waals surface area contributed by atoms with Crippen LogP contribution in [0.5, 0.6) is 0 Å². The van der Waals surface area contributed by atoms with Crippen molar-refractivity contribution >= 4 is 43.5 Å². The maximum Gasteiger partial charge on any atom is 0.164 e. The molecule has 0 radical (unpaired) electrons. The van der Waals surface area contributed by atoms with Gasteiger partial charge in [0.25, 0.3) is 0 Å². The third-order valence-electron chi connectivity index (χ3n) is 9.71. The predicted molar refractivity (Wildman–Crippen MR) is 209 cm³/mol. The third-order valence-corrected chi connectivity index (χ3v) is 9.71. The molecule has 10 aromatic rings. The summed E-state index contributed by atoms with van der Waals surface area (Å²) in [4.78, 5) is 15.5. The summed E-state index contributed by atoms with van der Waals surface area (Å²) in [5.74, 6) is 1.82. The molecular weight excluding hydrogens is 623 g/mol. The van der Waals surface area contributed by atoms with Crippen molar-refractivity contribution in [3.05, 3.63) is 176 Å². The molecule has 0 atom stereocenters. The summed E-state index contributed by atoms with van der Waals surface area (Å²) in [7, 11) is 0. The smallest absolute Gasteiger partial charge is 0.164 e. The standard InChI is InChI=1S/C47H29N3O/c1-3-14-30(15-4-1)37-27-26-31-16-7-10-21-36(31)43(37)40-29-34(28-33-19-8-9-20-35(33)40)46-48-45(32-17-5-2-6-18-32)49-47(50-46)39-23-13-25-42-44(39)38-22-11-12-24-41(38)51-42/h1-29H. The van der Waals surface area contributed by atoms with E-state index < -0.39 is 0 Å². The van der Waals surface area contributed by atoms with Gasteiger partial charge in [-0.2, -0.15) is 0 Å². The van der Waals surface area contributed by atoms with Crippen LogP contribution >= 0.6 is 0 Å². The lowest BCUT2D eigenvalue weighted by molar-refractivity contribution is 0.669. The van der Waals surface area contributed by atoms with E-state index >= 15 is 0 Å². The molecule has 0 bridgehead atoms. The van der Waals surface area contributed by atoms with Crippen LogP contribution in [-0.4, -0.2) is 15.0 Å². The zero-order valence-corrected chi connectivity index (χ0v) is 27.5. The molecule has 0 saturated heterocycles. The van der Waals surface area contributed by atoms with E-state index in [1.54, 1.807) is 0 Å². The number of aromatic nitrogens is 3. The van der Waals surface area contributed by atoms with Crippen molar-refractivity contribution in [2.24, 2.45) is 0 Å². The quantitative estimate of drug-likeness (QED) is 0.186. The summed E-state index contributed by atoms with van der Waals surface area (Å²) in [5, 5.41) is 6.69. The Bertz CT molecular complexity index is 2910. The third kappa shape index (κ3) is 4.96. The van der Waals surface area contributed by atoms with Crippen LogP contribution in [0.25, 0.3) is 99.9 Å². The fraction of sp³-hybridized carbons (Fsp3) is 0. The second kappa shape index (κ2) is 11.9. The number of hydrogen-bond acceptors (Lipinski definition) is 4. The average Bonchev–Trinajstić information content (AvgIpc) is 3.59. The molecule has 10 rings (SSSR count).